The van der Waals surface area contributed by atoms with Gasteiger partial charge >= 0.3 is 0 Å². The van der Waals surface area contributed by atoms with Crippen LogP contribution in [0.4, 0.5) is 5.69 Å². The normalized spacial score (nSPS) is 20.0. The number of ether oxygens (including phenoxy) is 1. The van der Waals surface area contributed by atoms with Gasteiger partial charge in [-0.3, -0.25) is 4.79 Å². The number of carbonyl (C=O) groups is 1. The van der Waals surface area contributed by atoms with Gasteiger partial charge in [0.1, 0.15) is 5.75 Å². The van der Waals surface area contributed by atoms with Gasteiger partial charge in [0.15, 0.2) is 0 Å². The zero-order chi connectivity index (χ0) is 25.2. The van der Waals surface area contributed by atoms with Crippen LogP contribution in [-0.4, -0.2) is 64.6 Å². The summed E-state index contributed by atoms with van der Waals surface area (Å²) in [6.07, 6.45) is 2.72. The van der Waals surface area contributed by atoms with Gasteiger partial charge in [-0.05, 0) is 62.9 Å². The van der Waals surface area contributed by atoms with Gasteiger partial charge < -0.3 is 10.1 Å². The zero-order valence-electron chi connectivity index (χ0n) is 19.9. The number of anilines is 1. The fourth-order valence-corrected chi connectivity index (χ4v) is 7.56. The van der Waals surface area contributed by atoms with Crippen molar-refractivity contribution < 1.29 is 26.4 Å². The number of hydrogen-bond donors (Lipinski definition) is 1. The number of benzene rings is 2. The van der Waals surface area contributed by atoms with Crippen molar-refractivity contribution in [1.82, 2.24) is 8.61 Å². The number of rotatable bonds is 7. The van der Waals surface area contributed by atoms with Crippen LogP contribution in [0.15, 0.2) is 52.3 Å². The molecule has 9 nitrogen and oxygen atoms in total. The third-order valence-electron chi connectivity index (χ3n) is 6.55. The minimum absolute atomic E-state index is 0.0517. The Bertz CT molecular complexity index is 1290. The number of sulfonamides is 2. The Kier molecular flexibility index (Phi) is 7.51. The van der Waals surface area contributed by atoms with E-state index in [-0.39, 0.29) is 27.9 Å². The summed E-state index contributed by atoms with van der Waals surface area (Å²) in [7, 11) is -5.95. The maximum Gasteiger partial charge on any atom is 0.243 e. The summed E-state index contributed by atoms with van der Waals surface area (Å²) in [5.41, 5.74) is 1.21. The van der Waals surface area contributed by atoms with Gasteiger partial charge in [-0.25, -0.2) is 16.8 Å². The highest BCUT2D eigenvalue weighted by Crippen LogP contribution is 2.31. The third-order valence-corrected chi connectivity index (χ3v) is 10.3. The molecule has 0 unspecified atom stereocenters. The molecule has 0 saturated carbocycles. The lowest BCUT2D eigenvalue weighted by Crippen LogP contribution is -2.43. The molecule has 0 aliphatic carbocycles. The van der Waals surface area contributed by atoms with E-state index in [1.807, 2.05) is 6.92 Å². The van der Waals surface area contributed by atoms with Gasteiger partial charge in [-0.15, -0.1) is 0 Å². The number of piperidine rings is 1. The second-order valence-corrected chi connectivity index (χ2v) is 12.9. The van der Waals surface area contributed by atoms with Crippen LogP contribution in [0, 0.1) is 12.8 Å². The van der Waals surface area contributed by atoms with Crippen molar-refractivity contribution in [2.75, 3.05) is 38.6 Å². The molecule has 190 valence electrons. The molecular weight excluding hydrogens is 490 g/mol. The van der Waals surface area contributed by atoms with Crippen LogP contribution < -0.4 is 10.1 Å². The fourth-order valence-electron chi connectivity index (χ4n) is 4.49. The van der Waals surface area contributed by atoms with Crippen molar-refractivity contribution in [3.05, 3.63) is 48.0 Å². The summed E-state index contributed by atoms with van der Waals surface area (Å²) >= 11 is 0. The minimum atomic E-state index is -3.72. The van der Waals surface area contributed by atoms with E-state index in [0.29, 0.717) is 38.2 Å². The molecule has 1 amide bonds. The lowest BCUT2D eigenvalue weighted by molar-refractivity contribution is -0.120. The Morgan fingerprint density at radius 2 is 1.49 bits per heavy atom. The monoisotopic (exact) mass is 521 g/mol. The number of methoxy groups -OCH3 is 1. The summed E-state index contributed by atoms with van der Waals surface area (Å²) in [5.74, 6) is -0.617. The van der Waals surface area contributed by atoms with E-state index in [4.69, 9.17) is 4.74 Å². The maximum atomic E-state index is 13.2. The second-order valence-electron chi connectivity index (χ2n) is 8.98. The van der Waals surface area contributed by atoms with Crippen LogP contribution in [0.5, 0.6) is 5.75 Å². The first-order valence-electron chi connectivity index (χ1n) is 11.7. The van der Waals surface area contributed by atoms with E-state index in [2.05, 4.69) is 5.32 Å². The molecule has 2 aliphatic rings. The predicted molar refractivity (Wildman–Crippen MR) is 132 cm³/mol. The SMILES string of the molecule is COc1ccc(S(=O)(=O)N2CCCC2)cc1NC(=O)[C@@H]1CCCN(S(=O)(=O)c2ccc(C)cc2)C1. The van der Waals surface area contributed by atoms with Crippen molar-refractivity contribution >= 4 is 31.6 Å². The van der Waals surface area contributed by atoms with Gasteiger partial charge in [-0.2, -0.15) is 8.61 Å². The highest BCUT2D eigenvalue weighted by molar-refractivity contribution is 7.89. The Balaban J connectivity index is 1.52. The molecule has 1 atom stereocenters. The summed E-state index contributed by atoms with van der Waals surface area (Å²) in [6, 6.07) is 11.0. The van der Waals surface area contributed by atoms with Crippen LogP contribution in [0.25, 0.3) is 0 Å². The number of nitrogens with zero attached hydrogens (tertiary/aromatic N) is 2. The highest BCUT2D eigenvalue weighted by atomic mass is 32.2. The fraction of sp³-hybridized carbons (Fsp3) is 0.458. The summed E-state index contributed by atoms with van der Waals surface area (Å²) in [6.45, 7) is 3.23. The predicted octanol–water partition coefficient (Wildman–Crippen LogP) is 2.83. The highest BCUT2D eigenvalue weighted by Gasteiger charge is 2.34. The van der Waals surface area contributed by atoms with Gasteiger partial charge in [-0.1, -0.05) is 17.7 Å². The number of hydrogen-bond acceptors (Lipinski definition) is 6. The molecule has 0 bridgehead atoms. The van der Waals surface area contributed by atoms with Crippen molar-refractivity contribution in [2.24, 2.45) is 5.92 Å². The average molecular weight is 522 g/mol. The Morgan fingerprint density at radius 1 is 0.886 bits per heavy atom. The molecule has 35 heavy (non-hydrogen) atoms. The molecule has 1 N–H and O–H groups in total. The van der Waals surface area contributed by atoms with Crippen molar-refractivity contribution in [3.8, 4) is 5.75 Å². The second kappa shape index (κ2) is 10.3. The minimum Gasteiger partial charge on any atom is -0.495 e. The number of carbonyl (C=O) groups excluding carboxylic acids is 1. The van der Waals surface area contributed by atoms with Crippen LogP contribution in [0.1, 0.15) is 31.2 Å². The number of amides is 1. The Morgan fingerprint density at radius 3 is 2.14 bits per heavy atom. The molecule has 2 aliphatic heterocycles. The zero-order valence-corrected chi connectivity index (χ0v) is 21.6. The molecule has 4 rings (SSSR count). The molecule has 0 aromatic heterocycles. The molecule has 0 radical (unpaired) electrons. The first-order valence-corrected chi connectivity index (χ1v) is 14.6. The van der Waals surface area contributed by atoms with Crippen LogP contribution >= 0.6 is 0 Å². The van der Waals surface area contributed by atoms with E-state index in [9.17, 15) is 21.6 Å². The largest absolute Gasteiger partial charge is 0.495 e. The Hall–Kier alpha value is -2.47. The van der Waals surface area contributed by atoms with Gasteiger partial charge in [0.25, 0.3) is 0 Å². The molecule has 0 spiro atoms. The molecule has 2 aromatic carbocycles. The Labute approximate surface area is 207 Å². The van der Waals surface area contributed by atoms with E-state index in [1.54, 1.807) is 24.3 Å². The topological polar surface area (TPSA) is 113 Å². The van der Waals surface area contributed by atoms with Gasteiger partial charge in [0, 0.05) is 26.2 Å². The van der Waals surface area contributed by atoms with E-state index >= 15 is 0 Å². The van der Waals surface area contributed by atoms with E-state index in [0.717, 1.165) is 18.4 Å². The van der Waals surface area contributed by atoms with Crippen molar-refractivity contribution in [2.45, 2.75) is 42.4 Å². The lowest BCUT2D eigenvalue weighted by Gasteiger charge is -2.31. The number of aryl methyl sites for hydroxylation is 1. The van der Waals surface area contributed by atoms with Crippen LogP contribution in [0.3, 0.4) is 0 Å². The molecule has 11 heteroatoms. The van der Waals surface area contributed by atoms with Crippen LogP contribution in [0.2, 0.25) is 0 Å². The quantitative estimate of drug-likeness (QED) is 0.600. The number of nitrogens with one attached hydrogen (secondary N) is 1. The summed E-state index contributed by atoms with van der Waals surface area (Å²) in [5, 5.41) is 2.79. The first kappa shape index (κ1) is 25.6. The van der Waals surface area contributed by atoms with Crippen molar-refractivity contribution in [1.29, 1.82) is 0 Å². The smallest absolute Gasteiger partial charge is 0.243 e. The van der Waals surface area contributed by atoms with Gasteiger partial charge in [0.05, 0.1) is 28.5 Å². The van der Waals surface area contributed by atoms with E-state index < -0.39 is 26.0 Å². The molecule has 2 aromatic rings. The van der Waals surface area contributed by atoms with E-state index in [1.165, 1.54) is 33.9 Å². The molecular formula is C24H31N3O6S2. The van der Waals surface area contributed by atoms with Crippen molar-refractivity contribution in [3.63, 3.8) is 0 Å². The third kappa shape index (κ3) is 5.37. The molecule has 2 heterocycles. The molecule has 2 saturated heterocycles. The average Bonchev–Trinajstić information content (AvgIpc) is 3.40. The maximum absolute atomic E-state index is 13.2. The standard InChI is InChI=1S/C24H31N3O6S2/c1-18-7-9-20(10-8-18)34(29,30)27-15-5-6-19(17-27)24(28)25-22-16-21(11-12-23(22)33-2)35(31,32)26-13-3-4-14-26/h7-12,16,19H,3-6,13-15,17H2,1-2H3,(H,25,28)/t19-/m1/s1. The summed E-state index contributed by atoms with van der Waals surface area (Å²) < 4.78 is 60.3. The van der Waals surface area contributed by atoms with Crippen LogP contribution in [-0.2, 0) is 24.8 Å². The summed E-state index contributed by atoms with van der Waals surface area (Å²) in [4.78, 5) is 13.4. The first-order chi connectivity index (χ1) is 16.6. The van der Waals surface area contributed by atoms with Gasteiger partial charge in [0.2, 0.25) is 26.0 Å². The lowest BCUT2D eigenvalue weighted by atomic mass is 9.98. The molecule has 2 fully saturated rings.